The van der Waals surface area contributed by atoms with Gasteiger partial charge in [-0.2, -0.15) is 5.10 Å². The van der Waals surface area contributed by atoms with E-state index in [0.717, 1.165) is 22.4 Å². The molecule has 1 aromatic carbocycles. The Morgan fingerprint density at radius 2 is 1.74 bits per heavy atom. The van der Waals surface area contributed by atoms with Gasteiger partial charge in [-0.15, -0.1) is 0 Å². The van der Waals surface area contributed by atoms with E-state index in [1.807, 2.05) is 51.1 Å². The van der Waals surface area contributed by atoms with Crippen LogP contribution in [0.5, 0.6) is 0 Å². The van der Waals surface area contributed by atoms with Crippen molar-refractivity contribution in [3.8, 4) is 0 Å². The molecule has 12 heteroatoms. The second-order valence-corrected chi connectivity index (χ2v) is 11.6. The number of anilines is 1. The maximum atomic E-state index is 12.8. The van der Waals surface area contributed by atoms with E-state index in [0.29, 0.717) is 51.1 Å². The molecule has 2 aliphatic heterocycles. The Hall–Kier alpha value is -4.32. The zero-order valence-corrected chi connectivity index (χ0v) is 25.3. The van der Waals surface area contributed by atoms with Gasteiger partial charge < -0.3 is 26.6 Å². The Morgan fingerprint density at radius 1 is 1.02 bits per heavy atom. The highest BCUT2D eigenvalue weighted by atomic mass is 16.2. The van der Waals surface area contributed by atoms with Gasteiger partial charge in [0, 0.05) is 56.6 Å². The number of nitrogens with zero attached hydrogens (tertiary/aromatic N) is 4. The number of hydrazone groups is 1. The van der Waals surface area contributed by atoms with Crippen molar-refractivity contribution >= 4 is 35.2 Å². The first-order valence-corrected chi connectivity index (χ1v) is 14.8. The van der Waals surface area contributed by atoms with Gasteiger partial charge >= 0.3 is 6.03 Å². The maximum Gasteiger partial charge on any atom is 0.322 e. The number of amides is 5. The molecule has 230 valence electrons. The first-order valence-electron chi connectivity index (χ1n) is 14.8. The number of carbonyl (C=O) groups is 4. The van der Waals surface area contributed by atoms with Crippen LogP contribution in [0.1, 0.15) is 63.6 Å². The van der Waals surface area contributed by atoms with Crippen LogP contribution >= 0.6 is 0 Å². The SMILES string of the molecule is CC1CC(=O)N(CCCCNC(=O)[C@H](C)NC(=O)[C@@H](N)C(C)C)N=C1c1ccc(NC(=O)N2Cc3ccncc3C2)cc1. The summed E-state index contributed by atoms with van der Waals surface area (Å²) in [4.78, 5) is 55.8. The summed E-state index contributed by atoms with van der Waals surface area (Å²) >= 11 is 0. The quantitative estimate of drug-likeness (QED) is 0.294. The molecule has 0 saturated heterocycles. The van der Waals surface area contributed by atoms with Crippen molar-refractivity contribution in [1.82, 2.24) is 25.5 Å². The molecule has 5 N–H and O–H groups in total. The number of pyridine rings is 1. The number of hydrogen-bond donors (Lipinski definition) is 4. The van der Waals surface area contributed by atoms with E-state index in [9.17, 15) is 19.2 Å². The normalized spacial score (nSPS) is 17.7. The van der Waals surface area contributed by atoms with E-state index in [1.54, 1.807) is 24.2 Å². The summed E-state index contributed by atoms with van der Waals surface area (Å²) in [6.45, 7) is 9.23. The number of benzene rings is 1. The van der Waals surface area contributed by atoms with Crippen LogP contribution in [0.25, 0.3) is 0 Å². The van der Waals surface area contributed by atoms with Crippen LogP contribution < -0.4 is 21.7 Å². The average Bonchev–Trinajstić information content (AvgIpc) is 3.42. The number of aromatic nitrogens is 1. The average molecular weight is 591 g/mol. The number of fused-ring (bicyclic) bond motifs is 1. The van der Waals surface area contributed by atoms with Crippen molar-refractivity contribution in [2.24, 2.45) is 22.7 Å². The number of carbonyl (C=O) groups excluding carboxylic acids is 4. The number of rotatable bonds is 11. The van der Waals surface area contributed by atoms with Gasteiger partial charge in [-0.3, -0.25) is 19.4 Å². The van der Waals surface area contributed by atoms with Gasteiger partial charge in [-0.1, -0.05) is 32.9 Å². The van der Waals surface area contributed by atoms with Crippen LogP contribution in [0.4, 0.5) is 10.5 Å². The molecule has 3 heterocycles. The van der Waals surface area contributed by atoms with E-state index in [2.05, 4.69) is 26.0 Å². The lowest BCUT2D eigenvalue weighted by Crippen LogP contribution is -2.51. The van der Waals surface area contributed by atoms with Crippen molar-refractivity contribution in [3.05, 3.63) is 59.4 Å². The fourth-order valence-electron chi connectivity index (χ4n) is 4.98. The minimum absolute atomic E-state index is 0.0246. The summed E-state index contributed by atoms with van der Waals surface area (Å²) in [6.07, 6.45) is 5.19. The van der Waals surface area contributed by atoms with Crippen LogP contribution in [-0.2, 0) is 27.5 Å². The Morgan fingerprint density at radius 3 is 2.44 bits per heavy atom. The molecule has 4 rings (SSSR count). The molecule has 2 aliphatic rings. The van der Waals surface area contributed by atoms with Crippen molar-refractivity contribution < 1.29 is 19.2 Å². The van der Waals surface area contributed by atoms with Gasteiger partial charge in [-0.05, 0) is 60.6 Å². The van der Waals surface area contributed by atoms with E-state index < -0.39 is 12.1 Å². The maximum absolute atomic E-state index is 12.8. The summed E-state index contributed by atoms with van der Waals surface area (Å²) < 4.78 is 0. The molecule has 0 radical (unpaired) electrons. The van der Waals surface area contributed by atoms with Gasteiger partial charge in [0.25, 0.3) is 0 Å². The third kappa shape index (κ3) is 8.16. The highest BCUT2D eigenvalue weighted by molar-refractivity contribution is 6.06. The zero-order chi connectivity index (χ0) is 31.1. The van der Waals surface area contributed by atoms with Gasteiger partial charge in [0.1, 0.15) is 6.04 Å². The lowest BCUT2D eigenvalue weighted by molar-refractivity contribution is -0.132. The Labute approximate surface area is 252 Å². The van der Waals surface area contributed by atoms with Gasteiger partial charge in [0.15, 0.2) is 0 Å². The monoisotopic (exact) mass is 590 g/mol. The van der Waals surface area contributed by atoms with Crippen molar-refractivity contribution in [2.75, 3.05) is 18.4 Å². The molecule has 3 atom stereocenters. The van der Waals surface area contributed by atoms with E-state index >= 15 is 0 Å². The van der Waals surface area contributed by atoms with Gasteiger partial charge in [0.2, 0.25) is 17.7 Å². The predicted molar refractivity (Wildman–Crippen MR) is 164 cm³/mol. The smallest absolute Gasteiger partial charge is 0.322 e. The first kappa shape index (κ1) is 31.6. The van der Waals surface area contributed by atoms with E-state index in [4.69, 9.17) is 5.73 Å². The zero-order valence-electron chi connectivity index (χ0n) is 25.3. The molecule has 1 aromatic heterocycles. The summed E-state index contributed by atoms with van der Waals surface area (Å²) in [7, 11) is 0. The van der Waals surface area contributed by atoms with Crippen LogP contribution in [-0.4, -0.2) is 69.5 Å². The Kier molecular flexibility index (Phi) is 10.5. The number of urea groups is 1. The van der Waals surface area contributed by atoms with E-state index in [1.165, 1.54) is 5.01 Å². The molecule has 1 unspecified atom stereocenters. The van der Waals surface area contributed by atoms with Gasteiger partial charge in [-0.25, -0.2) is 9.80 Å². The summed E-state index contributed by atoms with van der Waals surface area (Å²) in [5.74, 6) is -0.738. The lowest BCUT2D eigenvalue weighted by Gasteiger charge is -2.28. The minimum atomic E-state index is -0.691. The number of unbranched alkanes of at least 4 members (excludes halogenated alkanes) is 1. The number of nitrogens with one attached hydrogen (secondary N) is 3. The second-order valence-electron chi connectivity index (χ2n) is 11.6. The summed E-state index contributed by atoms with van der Waals surface area (Å²) in [5, 5.41) is 14.6. The van der Waals surface area contributed by atoms with Crippen LogP contribution in [0, 0.1) is 11.8 Å². The molecular formula is C31H42N8O4. The highest BCUT2D eigenvalue weighted by Gasteiger charge is 2.28. The molecule has 0 bridgehead atoms. The van der Waals surface area contributed by atoms with Crippen LogP contribution in [0.15, 0.2) is 47.8 Å². The number of nitrogens with two attached hydrogens (primary N) is 1. The Bertz CT molecular complexity index is 1330. The molecule has 2 aromatic rings. The third-order valence-electron chi connectivity index (χ3n) is 7.78. The summed E-state index contributed by atoms with van der Waals surface area (Å²) in [6, 6.07) is 7.91. The summed E-state index contributed by atoms with van der Waals surface area (Å²) in [5.41, 5.74) is 10.4. The molecular weight excluding hydrogens is 548 g/mol. The van der Waals surface area contributed by atoms with E-state index in [-0.39, 0.29) is 35.6 Å². The molecule has 0 fully saturated rings. The molecule has 0 spiro atoms. The fourth-order valence-corrected chi connectivity index (χ4v) is 4.98. The van der Waals surface area contributed by atoms with Gasteiger partial charge in [0.05, 0.1) is 11.8 Å². The highest BCUT2D eigenvalue weighted by Crippen LogP contribution is 2.24. The minimum Gasteiger partial charge on any atom is -0.354 e. The van der Waals surface area contributed by atoms with Crippen molar-refractivity contribution in [2.45, 2.75) is 72.1 Å². The molecule has 12 nitrogen and oxygen atoms in total. The van der Waals surface area contributed by atoms with Crippen molar-refractivity contribution in [3.63, 3.8) is 0 Å². The van der Waals surface area contributed by atoms with Crippen LogP contribution in [0.3, 0.4) is 0 Å². The molecule has 5 amide bonds. The fraction of sp³-hybridized carbons (Fsp3) is 0.484. The van der Waals surface area contributed by atoms with Crippen molar-refractivity contribution in [1.29, 1.82) is 0 Å². The topological polar surface area (TPSA) is 162 Å². The number of hydrogen-bond acceptors (Lipinski definition) is 7. The molecule has 0 aliphatic carbocycles. The lowest BCUT2D eigenvalue weighted by atomic mass is 9.93. The standard InChI is InChI=1S/C31H42N8O4/c1-19(2)27(32)30(42)35-21(4)29(41)34-12-5-6-14-39-26(40)15-20(3)28(37-39)22-7-9-25(10-8-22)36-31(43)38-17-23-11-13-33-16-24(23)18-38/h7-11,13,16,19-21,27H,5-6,12,14-15,17-18,32H2,1-4H3,(H,34,41)(H,35,42)(H,36,43)/t20?,21-,27-/m0/s1. The first-order chi connectivity index (χ1) is 20.5. The largest absolute Gasteiger partial charge is 0.354 e. The Balaban J connectivity index is 1.24. The predicted octanol–water partition coefficient (Wildman–Crippen LogP) is 2.59. The molecule has 43 heavy (non-hydrogen) atoms. The third-order valence-corrected chi connectivity index (χ3v) is 7.78. The van der Waals surface area contributed by atoms with Crippen LogP contribution in [0.2, 0.25) is 0 Å². The second kappa shape index (κ2) is 14.2. The molecule has 0 saturated carbocycles.